The Bertz CT molecular complexity index is 704. The number of aryl methyl sites for hydroxylation is 2. The first-order valence-corrected chi connectivity index (χ1v) is 8.17. The Morgan fingerprint density at radius 2 is 2.25 bits per heavy atom. The molecule has 2 aromatic rings. The van der Waals surface area contributed by atoms with Crippen molar-refractivity contribution in [3.8, 4) is 0 Å². The molecule has 20 heavy (non-hydrogen) atoms. The van der Waals surface area contributed by atoms with Gasteiger partial charge < -0.3 is 0 Å². The van der Waals surface area contributed by atoms with Crippen LogP contribution in [0, 0.1) is 6.92 Å². The van der Waals surface area contributed by atoms with E-state index in [4.69, 9.17) is 0 Å². The molecule has 1 aromatic carbocycles. The largest absolute Gasteiger partial charge is 0.265 e. The number of aromatic nitrogens is 2. The van der Waals surface area contributed by atoms with Crippen molar-refractivity contribution in [3.63, 3.8) is 0 Å². The summed E-state index contributed by atoms with van der Waals surface area (Å²) in [4.78, 5) is 0. The Balaban J connectivity index is 1.93. The van der Waals surface area contributed by atoms with Crippen molar-refractivity contribution < 1.29 is 8.42 Å². The van der Waals surface area contributed by atoms with Gasteiger partial charge in [-0.3, -0.25) is 4.68 Å². The fourth-order valence-corrected chi connectivity index (χ4v) is 2.91. The van der Waals surface area contributed by atoms with Crippen molar-refractivity contribution in [2.75, 3.05) is 12.3 Å². The normalized spacial score (nSPS) is 11.8. The SMILES string of the molecule is C=CCS(=O)(=O)NCCCn1ncc2ccc(C)cc21. The van der Waals surface area contributed by atoms with Gasteiger partial charge in [-0.25, -0.2) is 13.1 Å². The zero-order valence-corrected chi connectivity index (χ0v) is 12.4. The zero-order chi connectivity index (χ0) is 14.6. The first-order valence-electron chi connectivity index (χ1n) is 6.52. The van der Waals surface area contributed by atoms with E-state index in [1.54, 1.807) is 0 Å². The highest BCUT2D eigenvalue weighted by Crippen LogP contribution is 2.15. The number of hydrogen-bond donors (Lipinski definition) is 1. The second-order valence-electron chi connectivity index (χ2n) is 4.75. The van der Waals surface area contributed by atoms with E-state index < -0.39 is 10.0 Å². The van der Waals surface area contributed by atoms with Crippen LogP contribution in [0.25, 0.3) is 10.9 Å². The van der Waals surface area contributed by atoms with Gasteiger partial charge in [0.2, 0.25) is 10.0 Å². The molecule has 0 spiro atoms. The third-order valence-electron chi connectivity index (χ3n) is 3.01. The molecule has 0 aliphatic heterocycles. The molecule has 0 bridgehead atoms. The Morgan fingerprint density at radius 3 is 3.00 bits per heavy atom. The average molecular weight is 293 g/mol. The summed E-state index contributed by atoms with van der Waals surface area (Å²) in [5.74, 6) is -0.0447. The van der Waals surface area contributed by atoms with Gasteiger partial charge in [0, 0.05) is 18.5 Å². The van der Waals surface area contributed by atoms with Gasteiger partial charge in [-0.15, -0.1) is 6.58 Å². The Labute approximate surface area is 119 Å². The monoisotopic (exact) mass is 293 g/mol. The molecule has 2 rings (SSSR count). The molecule has 0 unspecified atom stereocenters. The van der Waals surface area contributed by atoms with Crippen LogP contribution in [0.4, 0.5) is 0 Å². The fourth-order valence-electron chi connectivity index (χ4n) is 2.03. The summed E-state index contributed by atoms with van der Waals surface area (Å²) >= 11 is 0. The minimum Gasteiger partial charge on any atom is -0.265 e. The molecule has 1 N–H and O–H groups in total. The van der Waals surface area contributed by atoms with Gasteiger partial charge in [0.25, 0.3) is 0 Å². The topological polar surface area (TPSA) is 64.0 Å². The molecule has 0 saturated heterocycles. The highest BCUT2D eigenvalue weighted by atomic mass is 32.2. The van der Waals surface area contributed by atoms with E-state index >= 15 is 0 Å². The number of rotatable bonds is 7. The zero-order valence-electron chi connectivity index (χ0n) is 11.5. The summed E-state index contributed by atoms with van der Waals surface area (Å²) in [5, 5.41) is 5.43. The summed E-state index contributed by atoms with van der Waals surface area (Å²) in [7, 11) is -3.22. The lowest BCUT2D eigenvalue weighted by Crippen LogP contribution is -2.27. The predicted octanol–water partition coefficient (Wildman–Crippen LogP) is 1.84. The lowest BCUT2D eigenvalue weighted by molar-refractivity contribution is 0.562. The lowest BCUT2D eigenvalue weighted by Gasteiger charge is -2.06. The maximum absolute atomic E-state index is 11.4. The molecule has 0 aliphatic carbocycles. The van der Waals surface area contributed by atoms with Gasteiger partial charge in [-0.05, 0) is 25.0 Å². The smallest absolute Gasteiger partial charge is 0.215 e. The van der Waals surface area contributed by atoms with Gasteiger partial charge in [0.05, 0.1) is 17.5 Å². The van der Waals surface area contributed by atoms with Crippen LogP contribution in [0.3, 0.4) is 0 Å². The van der Waals surface area contributed by atoms with Crippen LogP contribution >= 0.6 is 0 Å². The van der Waals surface area contributed by atoms with E-state index in [-0.39, 0.29) is 5.75 Å². The summed E-state index contributed by atoms with van der Waals surface area (Å²) < 4.78 is 27.3. The van der Waals surface area contributed by atoms with Crippen molar-refractivity contribution >= 4 is 20.9 Å². The molecule has 5 nitrogen and oxygen atoms in total. The van der Waals surface area contributed by atoms with E-state index in [9.17, 15) is 8.42 Å². The average Bonchev–Trinajstić information content (AvgIpc) is 2.77. The third kappa shape index (κ3) is 3.68. The van der Waals surface area contributed by atoms with Crippen molar-refractivity contribution in [2.45, 2.75) is 19.9 Å². The van der Waals surface area contributed by atoms with E-state index in [0.717, 1.165) is 10.9 Å². The van der Waals surface area contributed by atoms with Crippen molar-refractivity contribution in [2.24, 2.45) is 0 Å². The Morgan fingerprint density at radius 1 is 1.45 bits per heavy atom. The van der Waals surface area contributed by atoms with Crippen LogP contribution < -0.4 is 4.72 Å². The van der Waals surface area contributed by atoms with Crippen molar-refractivity contribution in [1.82, 2.24) is 14.5 Å². The molecular weight excluding hydrogens is 274 g/mol. The molecule has 0 saturated carbocycles. The summed E-state index contributed by atoms with van der Waals surface area (Å²) in [6.07, 6.45) is 3.91. The van der Waals surface area contributed by atoms with Crippen molar-refractivity contribution in [3.05, 3.63) is 42.6 Å². The van der Waals surface area contributed by atoms with E-state index in [1.807, 2.05) is 23.9 Å². The summed E-state index contributed by atoms with van der Waals surface area (Å²) in [5.41, 5.74) is 2.27. The quantitative estimate of drug-likeness (QED) is 0.626. The fraction of sp³-hybridized carbons (Fsp3) is 0.357. The summed E-state index contributed by atoms with van der Waals surface area (Å²) in [6.45, 7) is 6.56. The van der Waals surface area contributed by atoms with E-state index in [2.05, 4.69) is 28.5 Å². The number of benzene rings is 1. The standard InChI is InChI=1S/C14H19N3O2S/c1-3-9-20(18,19)16-7-4-8-17-14-10-12(2)5-6-13(14)11-15-17/h3,5-6,10-11,16H,1,4,7-9H2,2H3. The summed E-state index contributed by atoms with van der Waals surface area (Å²) in [6, 6.07) is 6.18. The first kappa shape index (κ1) is 14.7. The first-order chi connectivity index (χ1) is 9.52. The molecule has 1 heterocycles. The molecule has 0 atom stereocenters. The van der Waals surface area contributed by atoms with Gasteiger partial charge in [-0.1, -0.05) is 18.2 Å². The molecule has 0 fully saturated rings. The number of hydrogen-bond acceptors (Lipinski definition) is 3. The number of sulfonamides is 1. The van der Waals surface area contributed by atoms with Crippen LogP contribution in [0.5, 0.6) is 0 Å². The molecule has 1 aromatic heterocycles. The second-order valence-corrected chi connectivity index (χ2v) is 6.60. The van der Waals surface area contributed by atoms with Crippen LogP contribution in [0.2, 0.25) is 0 Å². The number of fused-ring (bicyclic) bond motifs is 1. The Kier molecular flexibility index (Phi) is 4.57. The van der Waals surface area contributed by atoms with Crippen LogP contribution in [-0.2, 0) is 16.6 Å². The third-order valence-corrected chi connectivity index (χ3v) is 4.32. The van der Waals surface area contributed by atoms with Gasteiger partial charge >= 0.3 is 0 Å². The minimum absolute atomic E-state index is 0.0447. The van der Waals surface area contributed by atoms with Crippen LogP contribution in [0.15, 0.2) is 37.1 Å². The highest BCUT2D eigenvalue weighted by Gasteiger charge is 2.07. The predicted molar refractivity (Wildman–Crippen MR) is 81.1 cm³/mol. The van der Waals surface area contributed by atoms with Gasteiger partial charge in [0.15, 0.2) is 0 Å². The maximum Gasteiger partial charge on any atom is 0.215 e. The van der Waals surface area contributed by atoms with Crippen LogP contribution in [-0.4, -0.2) is 30.5 Å². The molecule has 108 valence electrons. The maximum atomic E-state index is 11.4. The minimum atomic E-state index is -3.22. The molecule has 0 aliphatic rings. The number of nitrogens with one attached hydrogen (secondary N) is 1. The van der Waals surface area contributed by atoms with Gasteiger partial charge in [-0.2, -0.15) is 5.10 Å². The van der Waals surface area contributed by atoms with E-state index in [1.165, 1.54) is 11.6 Å². The second kappa shape index (κ2) is 6.19. The molecule has 0 amide bonds. The Hall–Kier alpha value is -1.66. The lowest BCUT2D eigenvalue weighted by atomic mass is 10.2. The highest BCUT2D eigenvalue weighted by molar-refractivity contribution is 7.89. The molecule has 6 heteroatoms. The number of nitrogens with zero attached hydrogens (tertiary/aromatic N) is 2. The van der Waals surface area contributed by atoms with E-state index in [0.29, 0.717) is 19.5 Å². The molecular formula is C14H19N3O2S. The van der Waals surface area contributed by atoms with Gasteiger partial charge in [0.1, 0.15) is 0 Å². The molecule has 0 radical (unpaired) electrons. The van der Waals surface area contributed by atoms with Crippen LogP contribution in [0.1, 0.15) is 12.0 Å². The van der Waals surface area contributed by atoms with Crippen molar-refractivity contribution in [1.29, 1.82) is 0 Å².